The van der Waals surface area contributed by atoms with Gasteiger partial charge in [-0.1, -0.05) is 13.8 Å². The van der Waals surface area contributed by atoms with Gasteiger partial charge in [-0.25, -0.2) is 0 Å². The number of nitrogens with zero attached hydrogens (tertiary/aromatic N) is 2. The highest BCUT2D eigenvalue weighted by atomic mass is 32.1. The van der Waals surface area contributed by atoms with Crippen LogP contribution in [-0.2, 0) is 6.42 Å². The lowest BCUT2D eigenvalue weighted by Gasteiger charge is -2.36. The smallest absolute Gasteiger partial charge is 0.177 e. The first kappa shape index (κ1) is 11.9. The molecule has 0 amide bonds. The molecule has 0 saturated carbocycles. The number of hydrogen-bond acceptors (Lipinski definition) is 2. The molecule has 4 heteroatoms. The van der Waals surface area contributed by atoms with Crippen molar-refractivity contribution in [1.82, 2.24) is 14.5 Å². The fraction of sp³-hybridized carbons (Fsp3) is 0.750. The van der Waals surface area contributed by atoms with Gasteiger partial charge >= 0.3 is 0 Å². The van der Waals surface area contributed by atoms with Crippen molar-refractivity contribution >= 4 is 12.2 Å². The monoisotopic (exact) mass is 239 g/mol. The number of rotatable bonds is 2. The van der Waals surface area contributed by atoms with Crippen molar-refractivity contribution in [3.63, 3.8) is 0 Å². The minimum Gasteiger partial charge on any atom is -0.337 e. The molecule has 2 heterocycles. The van der Waals surface area contributed by atoms with Gasteiger partial charge in [0.15, 0.2) is 4.77 Å². The zero-order valence-corrected chi connectivity index (χ0v) is 11.2. The second-order valence-corrected chi connectivity index (χ2v) is 5.29. The Morgan fingerprint density at radius 1 is 1.56 bits per heavy atom. The minimum absolute atomic E-state index is 0.574. The number of H-pyrrole nitrogens is 1. The summed E-state index contributed by atoms with van der Waals surface area (Å²) in [6.07, 6.45) is 4.32. The Bertz CT molecular complexity index is 407. The van der Waals surface area contributed by atoms with Gasteiger partial charge in [0, 0.05) is 24.5 Å². The molecule has 16 heavy (non-hydrogen) atoms. The SMILES string of the molecule is CCc1c[nH]c(=S)n1C1CCN(C)CC1C. The van der Waals surface area contributed by atoms with Crippen LogP contribution in [0.4, 0.5) is 0 Å². The zero-order valence-electron chi connectivity index (χ0n) is 10.4. The van der Waals surface area contributed by atoms with E-state index >= 15 is 0 Å². The summed E-state index contributed by atoms with van der Waals surface area (Å²) in [6, 6.07) is 0.574. The molecule has 0 spiro atoms. The summed E-state index contributed by atoms with van der Waals surface area (Å²) >= 11 is 5.40. The van der Waals surface area contributed by atoms with Crippen molar-refractivity contribution in [2.75, 3.05) is 20.1 Å². The fourth-order valence-corrected chi connectivity index (χ4v) is 3.09. The van der Waals surface area contributed by atoms with Gasteiger partial charge < -0.3 is 14.5 Å². The Morgan fingerprint density at radius 3 is 2.94 bits per heavy atom. The van der Waals surface area contributed by atoms with Crippen LogP contribution in [0.15, 0.2) is 6.20 Å². The summed E-state index contributed by atoms with van der Waals surface area (Å²) in [5.41, 5.74) is 1.34. The molecule has 2 atom stereocenters. The van der Waals surface area contributed by atoms with Crippen LogP contribution in [0.25, 0.3) is 0 Å². The van der Waals surface area contributed by atoms with Crippen LogP contribution in [-0.4, -0.2) is 34.6 Å². The standard InChI is InChI=1S/C12H21N3S/c1-4-10-7-13-12(16)15(10)11-5-6-14(3)8-9(11)2/h7,9,11H,4-6,8H2,1-3H3,(H,13,16). The number of piperidine rings is 1. The molecule has 3 nitrogen and oxygen atoms in total. The van der Waals surface area contributed by atoms with Crippen molar-refractivity contribution in [2.24, 2.45) is 5.92 Å². The van der Waals surface area contributed by atoms with Crippen molar-refractivity contribution < 1.29 is 0 Å². The number of aromatic nitrogens is 2. The molecule has 1 saturated heterocycles. The maximum atomic E-state index is 5.40. The van der Waals surface area contributed by atoms with E-state index in [2.05, 4.69) is 41.5 Å². The second kappa shape index (κ2) is 4.72. The summed E-state index contributed by atoms with van der Waals surface area (Å²) in [4.78, 5) is 5.59. The summed E-state index contributed by atoms with van der Waals surface area (Å²) < 4.78 is 3.23. The maximum absolute atomic E-state index is 5.40. The highest BCUT2D eigenvalue weighted by Crippen LogP contribution is 2.29. The van der Waals surface area contributed by atoms with E-state index in [1.54, 1.807) is 0 Å². The molecular weight excluding hydrogens is 218 g/mol. The summed E-state index contributed by atoms with van der Waals surface area (Å²) in [5.74, 6) is 0.673. The van der Waals surface area contributed by atoms with Crippen molar-refractivity contribution in [3.05, 3.63) is 16.7 Å². The minimum atomic E-state index is 0.574. The van der Waals surface area contributed by atoms with Gasteiger partial charge in [-0.05, 0) is 44.6 Å². The number of aromatic amines is 1. The zero-order chi connectivity index (χ0) is 11.7. The molecule has 0 aromatic carbocycles. The third-order valence-corrected chi connectivity index (χ3v) is 3.96. The molecule has 90 valence electrons. The fourth-order valence-electron chi connectivity index (χ4n) is 2.78. The Balaban J connectivity index is 2.29. The lowest BCUT2D eigenvalue weighted by atomic mass is 9.94. The highest BCUT2D eigenvalue weighted by Gasteiger charge is 2.27. The number of hydrogen-bond donors (Lipinski definition) is 1. The molecule has 2 rings (SSSR count). The van der Waals surface area contributed by atoms with Crippen molar-refractivity contribution in [3.8, 4) is 0 Å². The first-order valence-electron chi connectivity index (χ1n) is 6.10. The van der Waals surface area contributed by atoms with Crippen LogP contribution >= 0.6 is 12.2 Å². The molecule has 0 radical (unpaired) electrons. The van der Waals surface area contributed by atoms with Crippen LogP contribution in [0.1, 0.15) is 32.0 Å². The largest absolute Gasteiger partial charge is 0.337 e. The van der Waals surface area contributed by atoms with E-state index in [0.29, 0.717) is 12.0 Å². The molecular formula is C12H21N3S. The summed E-state index contributed by atoms with van der Waals surface area (Å²) in [6.45, 7) is 6.86. The van der Waals surface area contributed by atoms with E-state index in [4.69, 9.17) is 12.2 Å². The van der Waals surface area contributed by atoms with Gasteiger partial charge in [0.2, 0.25) is 0 Å². The van der Waals surface area contributed by atoms with Gasteiger partial charge in [-0.2, -0.15) is 0 Å². The summed E-state index contributed by atoms with van der Waals surface area (Å²) in [5, 5.41) is 0. The lowest BCUT2D eigenvalue weighted by Crippen LogP contribution is -2.38. The van der Waals surface area contributed by atoms with Gasteiger partial charge in [0.05, 0.1) is 0 Å². The number of aryl methyl sites for hydroxylation is 1. The average Bonchev–Trinajstić information content (AvgIpc) is 2.60. The highest BCUT2D eigenvalue weighted by molar-refractivity contribution is 7.71. The second-order valence-electron chi connectivity index (χ2n) is 4.90. The first-order chi connectivity index (χ1) is 7.63. The lowest BCUT2D eigenvalue weighted by molar-refractivity contribution is 0.156. The van der Waals surface area contributed by atoms with Crippen LogP contribution in [0, 0.1) is 10.7 Å². The molecule has 1 fully saturated rings. The van der Waals surface area contributed by atoms with Gasteiger partial charge in [0.1, 0.15) is 0 Å². The van der Waals surface area contributed by atoms with Crippen molar-refractivity contribution in [2.45, 2.75) is 32.7 Å². The third-order valence-electron chi connectivity index (χ3n) is 3.65. The topological polar surface area (TPSA) is 24.0 Å². The molecule has 0 aliphatic carbocycles. The maximum Gasteiger partial charge on any atom is 0.177 e. The normalized spacial score (nSPS) is 27.2. The number of likely N-dealkylation sites (tertiary alicyclic amines) is 1. The van der Waals surface area contributed by atoms with Crippen LogP contribution in [0.5, 0.6) is 0 Å². The first-order valence-corrected chi connectivity index (χ1v) is 6.51. The van der Waals surface area contributed by atoms with E-state index in [0.717, 1.165) is 11.2 Å². The molecule has 1 aliphatic heterocycles. The molecule has 1 N–H and O–H groups in total. The predicted molar refractivity (Wildman–Crippen MR) is 69.3 cm³/mol. The number of nitrogens with one attached hydrogen (secondary N) is 1. The molecule has 0 bridgehead atoms. The molecule has 1 aromatic heterocycles. The summed E-state index contributed by atoms with van der Waals surface area (Å²) in [7, 11) is 2.20. The van der Waals surface area contributed by atoms with Gasteiger partial charge in [-0.15, -0.1) is 0 Å². The van der Waals surface area contributed by atoms with Gasteiger partial charge in [0.25, 0.3) is 0 Å². The van der Waals surface area contributed by atoms with Crippen LogP contribution in [0.2, 0.25) is 0 Å². The quantitative estimate of drug-likeness (QED) is 0.802. The molecule has 1 aliphatic rings. The molecule has 1 aromatic rings. The van der Waals surface area contributed by atoms with E-state index in [1.165, 1.54) is 25.2 Å². The Labute approximate surface area is 102 Å². The Morgan fingerprint density at radius 2 is 2.31 bits per heavy atom. The van der Waals surface area contributed by atoms with E-state index in [9.17, 15) is 0 Å². The van der Waals surface area contributed by atoms with Crippen LogP contribution < -0.4 is 0 Å². The van der Waals surface area contributed by atoms with E-state index < -0.39 is 0 Å². The molecule has 2 unspecified atom stereocenters. The predicted octanol–water partition coefficient (Wildman–Crippen LogP) is 2.62. The average molecular weight is 239 g/mol. The van der Waals surface area contributed by atoms with Crippen LogP contribution in [0.3, 0.4) is 0 Å². The number of imidazole rings is 1. The van der Waals surface area contributed by atoms with E-state index in [1.807, 2.05) is 0 Å². The Hall–Kier alpha value is -0.610. The Kier molecular flexibility index (Phi) is 3.50. The van der Waals surface area contributed by atoms with Gasteiger partial charge in [-0.3, -0.25) is 0 Å². The van der Waals surface area contributed by atoms with E-state index in [-0.39, 0.29) is 0 Å². The third kappa shape index (κ3) is 2.09. The van der Waals surface area contributed by atoms with Crippen molar-refractivity contribution in [1.29, 1.82) is 0 Å².